The summed E-state index contributed by atoms with van der Waals surface area (Å²) in [5.41, 5.74) is 8.77. The normalized spacial score (nSPS) is 15.2. The zero-order chi connectivity index (χ0) is 19.8. The second kappa shape index (κ2) is 7.09. The van der Waals surface area contributed by atoms with E-state index in [-0.39, 0.29) is 6.42 Å². The monoisotopic (exact) mass is 395 g/mol. The third kappa shape index (κ3) is 3.14. The highest BCUT2D eigenvalue weighted by Gasteiger charge is 2.29. The molecule has 2 heterocycles. The standard InChI is InChI=1S/C20H18ClN5O2/c1-11-24-25-20-16(10-18(22)27)23-19(12-3-5-13(21)6-4-12)15-9-14(28-2)7-8-17(15)26(11)20/h3-9,16H,10H2,1-2H3,(H2,22,27). The van der Waals surface area contributed by atoms with Gasteiger partial charge in [-0.3, -0.25) is 14.4 Å². The quantitative estimate of drug-likeness (QED) is 0.734. The Morgan fingerprint density at radius 1 is 1.21 bits per heavy atom. The lowest BCUT2D eigenvalue weighted by Crippen LogP contribution is -2.17. The molecular formula is C20H18ClN5O2. The van der Waals surface area contributed by atoms with Crippen LogP contribution < -0.4 is 10.5 Å². The largest absolute Gasteiger partial charge is 0.497 e. The Balaban J connectivity index is 2.02. The zero-order valence-electron chi connectivity index (χ0n) is 15.4. The van der Waals surface area contributed by atoms with Gasteiger partial charge < -0.3 is 10.5 Å². The van der Waals surface area contributed by atoms with Crippen LogP contribution in [-0.4, -0.2) is 33.5 Å². The first-order chi connectivity index (χ1) is 13.5. The second-order valence-corrected chi connectivity index (χ2v) is 6.93. The Morgan fingerprint density at radius 2 is 1.96 bits per heavy atom. The summed E-state index contributed by atoms with van der Waals surface area (Å²) in [6, 6.07) is 12.6. The highest BCUT2D eigenvalue weighted by atomic mass is 35.5. The number of benzene rings is 2. The summed E-state index contributed by atoms with van der Waals surface area (Å²) in [4.78, 5) is 16.6. The van der Waals surface area contributed by atoms with E-state index in [9.17, 15) is 4.79 Å². The molecule has 1 aliphatic rings. The van der Waals surface area contributed by atoms with Crippen molar-refractivity contribution in [3.05, 3.63) is 70.3 Å². The molecule has 0 spiro atoms. The van der Waals surface area contributed by atoms with Crippen LogP contribution in [0.4, 0.5) is 0 Å². The number of rotatable bonds is 4. The van der Waals surface area contributed by atoms with E-state index >= 15 is 0 Å². The van der Waals surface area contributed by atoms with Crippen molar-refractivity contribution in [2.75, 3.05) is 7.11 Å². The van der Waals surface area contributed by atoms with E-state index in [0.717, 1.165) is 16.8 Å². The van der Waals surface area contributed by atoms with E-state index in [1.807, 2.05) is 41.8 Å². The Morgan fingerprint density at radius 3 is 2.64 bits per heavy atom. The van der Waals surface area contributed by atoms with Gasteiger partial charge in [0.05, 0.1) is 24.9 Å². The van der Waals surface area contributed by atoms with Crippen molar-refractivity contribution < 1.29 is 9.53 Å². The fourth-order valence-corrected chi connectivity index (χ4v) is 3.49. The van der Waals surface area contributed by atoms with Gasteiger partial charge in [-0.25, -0.2) is 0 Å². The van der Waals surface area contributed by atoms with Crippen LogP contribution in [0.25, 0.3) is 5.69 Å². The smallest absolute Gasteiger partial charge is 0.220 e. The summed E-state index contributed by atoms with van der Waals surface area (Å²) < 4.78 is 7.34. The van der Waals surface area contributed by atoms with Crippen molar-refractivity contribution in [1.82, 2.24) is 14.8 Å². The molecule has 142 valence electrons. The maximum absolute atomic E-state index is 11.7. The molecule has 28 heavy (non-hydrogen) atoms. The van der Waals surface area contributed by atoms with Crippen molar-refractivity contribution in [1.29, 1.82) is 0 Å². The molecule has 1 unspecified atom stereocenters. The van der Waals surface area contributed by atoms with Crippen LogP contribution in [0.3, 0.4) is 0 Å². The highest BCUT2D eigenvalue weighted by Crippen LogP contribution is 2.34. The second-order valence-electron chi connectivity index (χ2n) is 6.49. The van der Waals surface area contributed by atoms with Crippen LogP contribution >= 0.6 is 11.6 Å². The number of nitrogens with two attached hydrogens (primary N) is 1. The molecule has 2 N–H and O–H groups in total. The van der Waals surface area contributed by atoms with Gasteiger partial charge in [0.25, 0.3) is 0 Å². The van der Waals surface area contributed by atoms with Gasteiger partial charge in [0.15, 0.2) is 5.82 Å². The Labute approximate surface area is 166 Å². The molecule has 1 atom stereocenters. The first-order valence-electron chi connectivity index (χ1n) is 8.70. The summed E-state index contributed by atoms with van der Waals surface area (Å²) in [7, 11) is 1.61. The molecule has 0 saturated carbocycles. The molecule has 2 aromatic carbocycles. The van der Waals surface area contributed by atoms with Gasteiger partial charge in [0.1, 0.15) is 17.6 Å². The third-order valence-electron chi connectivity index (χ3n) is 4.64. The number of amides is 1. The predicted octanol–water partition coefficient (Wildman–Crippen LogP) is 3.01. The maximum atomic E-state index is 11.7. The lowest BCUT2D eigenvalue weighted by Gasteiger charge is -2.14. The predicted molar refractivity (Wildman–Crippen MR) is 106 cm³/mol. The Bertz CT molecular complexity index is 1090. The van der Waals surface area contributed by atoms with Crippen LogP contribution in [0.5, 0.6) is 5.75 Å². The molecule has 1 amide bonds. The molecule has 3 aromatic rings. The van der Waals surface area contributed by atoms with E-state index in [2.05, 4.69) is 10.2 Å². The number of fused-ring (bicyclic) bond motifs is 3. The fourth-order valence-electron chi connectivity index (χ4n) is 3.37. The van der Waals surface area contributed by atoms with E-state index in [1.54, 1.807) is 19.2 Å². The summed E-state index contributed by atoms with van der Waals surface area (Å²) in [6.45, 7) is 1.86. The van der Waals surface area contributed by atoms with Gasteiger partial charge in [0.2, 0.25) is 5.91 Å². The lowest BCUT2D eigenvalue weighted by atomic mass is 10.00. The maximum Gasteiger partial charge on any atom is 0.220 e. The van der Waals surface area contributed by atoms with Crippen LogP contribution in [0.2, 0.25) is 5.02 Å². The minimum atomic E-state index is -0.553. The number of primary amides is 1. The van der Waals surface area contributed by atoms with Gasteiger partial charge >= 0.3 is 0 Å². The van der Waals surface area contributed by atoms with E-state index in [0.29, 0.717) is 28.1 Å². The van der Waals surface area contributed by atoms with Crippen molar-refractivity contribution in [2.24, 2.45) is 10.7 Å². The number of aryl methyl sites for hydroxylation is 1. The number of hydrogen-bond donors (Lipinski definition) is 1. The number of methoxy groups -OCH3 is 1. The van der Waals surface area contributed by atoms with Crippen LogP contribution in [0, 0.1) is 6.92 Å². The Kier molecular flexibility index (Phi) is 4.60. The molecule has 0 bridgehead atoms. The molecule has 0 radical (unpaired) electrons. The topological polar surface area (TPSA) is 95.4 Å². The average molecular weight is 396 g/mol. The molecule has 0 fully saturated rings. The minimum absolute atomic E-state index is 0.0281. The van der Waals surface area contributed by atoms with Crippen LogP contribution in [0.1, 0.15) is 35.2 Å². The number of nitrogens with zero attached hydrogens (tertiary/aromatic N) is 4. The van der Waals surface area contributed by atoms with Crippen molar-refractivity contribution in [3.63, 3.8) is 0 Å². The number of halogens is 1. The van der Waals surface area contributed by atoms with E-state index in [4.69, 9.17) is 27.1 Å². The summed E-state index contributed by atoms with van der Waals surface area (Å²) >= 11 is 6.06. The summed E-state index contributed by atoms with van der Waals surface area (Å²) in [5, 5.41) is 9.10. The molecule has 7 nitrogen and oxygen atoms in total. The van der Waals surface area contributed by atoms with Gasteiger partial charge in [-0.05, 0) is 37.3 Å². The molecule has 1 aliphatic heterocycles. The SMILES string of the molecule is COc1ccc2c(c1)C(c1ccc(Cl)cc1)=NC(CC(N)=O)c1nnc(C)n1-2. The van der Waals surface area contributed by atoms with Gasteiger partial charge in [-0.15, -0.1) is 10.2 Å². The molecule has 8 heteroatoms. The molecule has 1 aromatic heterocycles. The van der Waals surface area contributed by atoms with Gasteiger partial charge in [-0.2, -0.15) is 0 Å². The van der Waals surface area contributed by atoms with Crippen LogP contribution in [0.15, 0.2) is 47.5 Å². The Hall–Kier alpha value is -3.19. The summed E-state index contributed by atoms with van der Waals surface area (Å²) in [5.74, 6) is 1.51. The first kappa shape index (κ1) is 18.2. The number of hydrogen-bond acceptors (Lipinski definition) is 5. The first-order valence-corrected chi connectivity index (χ1v) is 9.08. The minimum Gasteiger partial charge on any atom is -0.497 e. The summed E-state index contributed by atoms with van der Waals surface area (Å²) in [6.07, 6.45) is 0.0281. The zero-order valence-corrected chi connectivity index (χ0v) is 16.1. The van der Waals surface area contributed by atoms with E-state index < -0.39 is 11.9 Å². The van der Waals surface area contributed by atoms with Crippen LogP contribution in [-0.2, 0) is 4.79 Å². The number of aromatic nitrogens is 3. The molecule has 0 aliphatic carbocycles. The molecular weight excluding hydrogens is 378 g/mol. The third-order valence-corrected chi connectivity index (χ3v) is 4.90. The number of carbonyl (C=O) groups excluding carboxylic acids is 1. The highest BCUT2D eigenvalue weighted by molar-refractivity contribution is 6.30. The fraction of sp³-hybridized carbons (Fsp3) is 0.200. The van der Waals surface area contributed by atoms with E-state index in [1.165, 1.54) is 0 Å². The number of carbonyl (C=O) groups is 1. The van der Waals surface area contributed by atoms with Crippen molar-refractivity contribution in [2.45, 2.75) is 19.4 Å². The number of aliphatic imine (C=N–C) groups is 1. The number of ether oxygens (including phenoxy) is 1. The molecule has 0 saturated heterocycles. The van der Waals surface area contributed by atoms with Gasteiger partial charge in [-0.1, -0.05) is 23.7 Å². The van der Waals surface area contributed by atoms with Crippen molar-refractivity contribution >= 4 is 23.2 Å². The lowest BCUT2D eigenvalue weighted by molar-refractivity contribution is -0.118. The van der Waals surface area contributed by atoms with Gasteiger partial charge in [0, 0.05) is 16.1 Å². The average Bonchev–Trinajstić information content (AvgIpc) is 3.00. The molecule has 4 rings (SSSR count). The van der Waals surface area contributed by atoms with Crippen molar-refractivity contribution in [3.8, 4) is 11.4 Å².